The van der Waals surface area contributed by atoms with Gasteiger partial charge in [0.1, 0.15) is 0 Å². The van der Waals surface area contributed by atoms with Gasteiger partial charge in [0, 0.05) is 38.7 Å². The first-order valence-electron chi connectivity index (χ1n) is 5.75. The number of nitrogens with one attached hydrogen (secondary N) is 1. The van der Waals surface area contributed by atoms with Gasteiger partial charge >= 0.3 is 0 Å². The first-order chi connectivity index (χ1) is 8.97. The fraction of sp³-hybridized carbons (Fsp3) is 0.231. The van der Waals surface area contributed by atoms with E-state index in [1.165, 1.54) is 0 Å². The molecule has 6 heteroatoms. The molecule has 1 aromatic heterocycles. The largest absolute Gasteiger partial charge is 0.378 e. The molecular weight excluding hydrogens is 308 g/mol. The normalized spacial score (nSPS) is 10.3. The molecule has 1 heterocycles. The third kappa shape index (κ3) is 3.14. The Morgan fingerprint density at radius 1 is 1.32 bits per heavy atom. The van der Waals surface area contributed by atoms with E-state index in [4.69, 9.17) is 0 Å². The van der Waals surface area contributed by atoms with E-state index in [0.717, 1.165) is 11.4 Å². The van der Waals surface area contributed by atoms with Gasteiger partial charge in [-0.25, -0.2) is 0 Å². The van der Waals surface area contributed by atoms with Gasteiger partial charge in [-0.2, -0.15) is 5.10 Å². The van der Waals surface area contributed by atoms with Crippen LogP contribution >= 0.6 is 15.9 Å². The zero-order valence-electron chi connectivity index (χ0n) is 11.0. The average Bonchev–Trinajstić information content (AvgIpc) is 2.69. The van der Waals surface area contributed by atoms with Crippen LogP contribution in [0.25, 0.3) is 0 Å². The van der Waals surface area contributed by atoms with Crippen LogP contribution in [0.3, 0.4) is 0 Å². The topological polar surface area (TPSA) is 50.2 Å². The van der Waals surface area contributed by atoms with Crippen LogP contribution in [-0.4, -0.2) is 29.8 Å². The number of amides is 1. The Balaban J connectivity index is 2.13. The van der Waals surface area contributed by atoms with Crippen molar-refractivity contribution in [2.24, 2.45) is 7.05 Å². The van der Waals surface area contributed by atoms with E-state index >= 15 is 0 Å². The van der Waals surface area contributed by atoms with Gasteiger partial charge in [0.05, 0.1) is 4.47 Å². The zero-order chi connectivity index (χ0) is 14.0. The molecule has 0 bridgehead atoms. The molecule has 0 saturated heterocycles. The summed E-state index contributed by atoms with van der Waals surface area (Å²) in [5, 5.41) is 6.92. The van der Waals surface area contributed by atoms with Gasteiger partial charge in [0.15, 0.2) is 5.69 Å². The number of hydrogen-bond acceptors (Lipinski definition) is 3. The standard InChI is InChI=1S/C13H15BrN4O/c1-17(2)10-6-4-9(5-7-10)15-13(19)12-11(14)8-18(3)16-12/h4-8H,1-3H3,(H,15,19). The molecule has 1 amide bonds. The van der Waals surface area contributed by atoms with Crippen molar-refractivity contribution in [3.8, 4) is 0 Å². The Bertz CT molecular complexity index is 589. The molecule has 2 aromatic rings. The first kappa shape index (κ1) is 13.6. The number of hydrogen-bond donors (Lipinski definition) is 1. The number of carbonyl (C=O) groups excluding carboxylic acids is 1. The van der Waals surface area contributed by atoms with E-state index in [1.54, 1.807) is 17.9 Å². The number of rotatable bonds is 3. The van der Waals surface area contributed by atoms with Gasteiger partial charge in [-0.05, 0) is 40.2 Å². The molecular formula is C13H15BrN4O. The van der Waals surface area contributed by atoms with Crippen molar-refractivity contribution in [1.82, 2.24) is 9.78 Å². The predicted molar refractivity (Wildman–Crippen MR) is 79.6 cm³/mol. The minimum absolute atomic E-state index is 0.231. The monoisotopic (exact) mass is 322 g/mol. The number of anilines is 2. The molecule has 1 N–H and O–H groups in total. The molecule has 0 radical (unpaired) electrons. The fourth-order valence-electron chi connectivity index (χ4n) is 1.65. The molecule has 0 unspecified atom stereocenters. The summed E-state index contributed by atoms with van der Waals surface area (Å²) >= 11 is 3.31. The number of benzene rings is 1. The number of carbonyl (C=O) groups is 1. The summed E-state index contributed by atoms with van der Waals surface area (Å²) in [5.74, 6) is -0.231. The summed E-state index contributed by atoms with van der Waals surface area (Å²) in [6.07, 6.45) is 1.74. The molecule has 19 heavy (non-hydrogen) atoms. The Morgan fingerprint density at radius 3 is 2.42 bits per heavy atom. The second kappa shape index (κ2) is 5.44. The lowest BCUT2D eigenvalue weighted by molar-refractivity contribution is 0.102. The van der Waals surface area contributed by atoms with Crippen LogP contribution in [0, 0.1) is 0 Å². The van der Waals surface area contributed by atoms with Crippen molar-refractivity contribution in [3.63, 3.8) is 0 Å². The van der Waals surface area contributed by atoms with Crippen LogP contribution in [0.4, 0.5) is 11.4 Å². The van der Waals surface area contributed by atoms with Crippen LogP contribution in [0.5, 0.6) is 0 Å². The molecule has 0 spiro atoms. The third-order valence-corrected chi connectivity index (χ3v) is 3.22. The van der Waals surface area contributed by atoms with Crippen LogP contribution in [-0.2, 0) is 7.05 Å². The third-order valence-electron chi connectivity index (χ3n) is 2.64. The van der Waals surface area contributed by atoms with Gasteiger partial charge in [-0.15, -0.1) is 0 Å². The maximum absolute atomic E-state index is 12.0. The lowest BCUT2D eigenvalue weighted by atomic mass is 10.2. The van der Waals surface area contributed by atoms with Gasteiger partial charge in [0.2, 0.25) is 0 Å². The van der Waals surface area contributed by atoms with Crippen molar-refractivity contribution in [1.29, 1.82) is 0 Å². The van der Waals surface area contributed by atoms with Gasteiger partial charge in [-0.3, -0.25) is 9.48 Å². The van der Waals surface area contributed by atoms with Crippen molar-refractivity contribution in [2.45, 2.75) is 0 Å². The lowest BCUT2D eigenvalue weighted by Crippen LogP contribution is -2.14. The highest BCUT2D eigenvalue weighted by atomic mass is 79.9. The zero-order valence-corrected chi connectivity index (χ0v) is 12.6. The molecule has 0 aliphatic heterocycles. The van der Waals surface area contributed by atoms with Gasteiger partial charge in [0.25, 0.3) is 5.91 Å². The quantitative estimate of drug-likeness (QED) is 0.944. The molecule has 1 aromatic carbocycles. The lowest BCUT2D eigenvalue weighted by Gasteiger charge is -2.12. The van der Waals surface area contributed by atoms with E-state index in [-0.39, 0.29) is 5.91 Å². The number of aryl methyl sites for hydroxylation is 1. The van der Waals surface area contributed by atoms with Gasteiger partial charge in [-0.1, -0.05) is 0 Å². The predicted octanol–water partition coefficient (Wildman–Crippen LogP) is 2.50. The van der Waals surface area contributed by atoms with Crippen molar-refractivity contribution in [3.05, 3.63) is 40.6 Å². The molecule has 0 aliphatic rings. The summed E-state index contributed by atoms with van der Waals surface area (Å²) in [5.41, 5.74) is 2.20. The fourth-order valence-corrected chi connectivity index (χ4v) is 2.20. The van der Waals surface area contributed by atoms with Gasteiger partial charge < -0.3 is 10.2 Å². The second-order valence-corrected chi connectivity index (χ2v) is 5.25. The van der Waals surface area contributed by atoms with Crippen molar-refractivity contribution in [2.75, 3.05) is 24.3 Å². The molecule has 5 nitrogen and oxygen atoms in total. The van der Waals surface area contributed by atoms with Crippen LogP contribution in [0.2, 0.25) is 0 Å². The van der Waals surface area contributed by atoms with E-state index < -0.39 is 0 Å². The first-order valence-corrected chi connectivity index (χ1v) is 6.54. The van der Waals surface area contributed by atoms with Crippen molar-refractivity contribution < 1.29 is 4.79 Å². The molecule has 0 saturated carbocycles. The summed E-state index contributed by atoms with van der Waals surface area (Å²) < 4.78 is 2.27. The van der Waals surface area contributed by atoms with E-state index in [1.807, 2.05) is 43.3 Å². The maximum atomic E-state index is 12.0. The Morgan fingerprint density at radius 2 is 1.95 bits per heavy atom. The minimum atomic E-state index is -0.231. The van der Waals surface area contributed by atoms with E-state index in [2.05, 4.69) is 26.3 Å². The van der Waals surface area contributed by atoms with Crippen molar-refractivity contribution >= 4 is 33.2 Å². The average molecular weight is 323 g/mol. The van der Waals surface area contributed by atoms with Crippen LogP contribution in [0.1, 0.15) is 10.5 Å². The van der Waals surface area contributed by atoms with Crippen LogP contribution < -0.4 is 10.2 Å². The SMILES string of the molecule is CN(C)c1ccc(NC(=O)c2nn(C)cc2Br)cc1. The maximum Gasteiger partial charge on any atom is 0.277 e. The molecule has 100 valence electrons. The summed E-state index contributed by atoms with van der Waals surface area (Å²) in [6, 6.07) is 7.63. The number of aromatic nitrogens is 2. The molecule has 0 aliphatic carbocycles. The van der Waals surface area contributed by atoms with Crippen LogP contribution in [0.15, 0.2) is 34.9 Å². The second-order valence-electron chi connectivity index (χ2n) is 4.39. The van der Waals surface area contributed by atoms with E-state index in [0.29, 0.717) is 10.2 Å². The Labute approximate surface area is 120 Å². The highest BCUT2D eigenvalue weighted by Gasteiger charge is 2.14. The summed E-state index contributed by atoms with van der Waals surface area (Å²) in [6.45, 7) is 0. The summed E-state index contributed by atoms with van der Waals surface area (Å²) in [7, 11) is 5.71. The highest BCUT2D eigenvalue weighted by molar-refractivity contribution is 9.10. The minimum Gasteiger partial charge on any atom is -0.378 e. The summed E-state index contributed by atoms with van der Waals surface area (Å²) in [4.78, 5) is 14.0. The van der Waals surface area contributed by atoms with E-state index in [9.17, 15) is 4.79 Å². The number of nitrogens with zero attached hydrogens (tertiary/aromatic N) is 3. The molecule has 0 atom stereocenters. The molecule has 0 fully saturated rings. The Kier molecular flexibility index (Phi) is 3.90. The Hall–Kier alpha value is -1.82. The smallest absolute Gasteiger partial charge is 0.277 e. The number of halogens is 1. The highest BCUT2D eigenvalue weighted by Crippen LogP contribution is 2.18. The molecule has 2 rings (SSSR count).